The second-order valence-electron chi connectivity index (χ2n) is 4.27. The Kier molecular flexibility index (Phi) is 4.84. The number of carbonyl (C=O) groups is 1. The topological polar surface area (TPSA) is 70.7 Å². The predicted octanol–water partition coefficient (Wildman–Crippen LogP) is 2.59. The van der Waals surface area contributed by atoms with Gasteiger partial charge in [0.25, 0.3) is 5.91 Å². The molecule has 0 aliphatic heterocycles. The zero-order chi connectivity index (χ0) is 14.5. The molecule has 2 rings (SSSR count). The summed E-state index contributed by atoms with van der Waals surface area (Å²) in [5.41, 5.74) is 0.400. The minimum absolute atomic E-state index is 0.0730. The van der Waals surface area contributed by atoms with E-state index in [0.717, 1.165) is 17.3 Å². The minimum atomic E-state index is -0.428. The molecule has 0 atom stereocenters. The Morgan fingerprint density at radius 3 is 3.05 bits per heavy atom. The van der Waals surface area contributed by atoms with Gasteiger partial charge in [0.15, 0.2) is 0 Å². The first-order valence-corrected chi connectivity index (χ1v) is 7.03. The lowest BCUT2D eigenvalue weighted by Gasteiger charge is -2.04. The highest BCUT2D eigenvalue weighted by molar-refractivity contribution is 9.10. The Hall–Kier alpha value is -1.76. The maximum Gasteiger partial charge on any atom is 0.291 e. The monoisotopic (exact) mass is 340 g/mol. The van der Waals surface area contributed by atoms with Crippen LogP contribution in [0.4, 0.5) is 4.39 Å². The summed E-state index contributed by atoms with van der Waals surface area (Å²) in [7, 11) is 0. The molecule has 0 unspecified atom stereocenters. The van der Waals surface area contributed by atoms with Crippen LogP contribution in [0.15, 0.2) is 22.7 Å². The smallest absolute Gasteiger partial charge is 0.291 e. The summed E-state index contributed by atoms with van der Waals surface area (Å²) in [5, 5.41) is 9.13. The first-order chi connectivity index (χ1) is 9.60. The fourth-order valence-electron chi connectivity index (χ4n) is 1.68. The summed E-state index contributed by atoms with van der Waals surface area (Å²) >= 11 is 3.26. The Morgan fingerprint density at radius 2 is 2.30 bits per heavy atom. The third-order valence-electron chi connectivity index (χ3n) is 2.67. The van der Waals surface area contributed by atoms with Crippen LogP contribution in [-0.2, 0) is 13.0 Å². The number of halogens is 2. The standard InChI is InChI=1S/C13H14BrFN4O/c1-2-3-11-17-12(19-18-11)13(20)16-7-8-6-9(14)4-5-10(8)15/h4-6H,2-3,7H2,1H3,(H,16,20)(H,17,18,19). The first kappa shape index (κ1) is 14.6. The Morgan fingerprint density at radius 1 is 1.50 bits per heavy atom. The molecule has 1 amide bonds. The van der Waals surface area contributed by atoms with Gasteiger partial charge in [0.05, 0.1) is 0 Å². The average molecular weight is 341 g/mol. The molecule has 2 aromatic rings. The number of H-pyrrole nitrogens is 1. The van der Waals surface area contributed by atoms with Crippen molar-refractivity contribution in [1.29, 1.82) is 0 Å². The highest BCUT2D eigenvalue weighted by atomic mass is 79.9. The summed E-state index contributed by atoms with van der Waals surface area (Å²) in [6.45, 7) is 2.10. The van der Waals surface area contributed by atoms with E-state index in [2.05, 4.69) is 36.4 Å². The Balaban J connectivity index is 1.99. The van der Waals surface area contributed by atoms with Gasteiger partial charge in [0.1, 0.15) is 11.6 Å². The molecule has 0 aliphatic carbocycles. The van der Waals surface area contributed by atoms with E-state index in [1.807, 2.05) is 6.92 Å². The number of aryl methyl sites for hydroxylation is 1. The number of aromatic amines is 1. The summed E-state index contributed by atoms with van der Waals surface area (Å²) in [6.07, 6.45) is 1.65. The van der Waals surface area contributed by atoms with Crippen LogP contribution in [0, 0.1) is 5.82 Å². The van der Waals surface area contributed by atoms with Gasteiger partial charge < -0.3 is 5.32 Å². The van der Waals surface area contributed by atoms with Gasteiger partial charge in [0, 0.05) is 23.0 Å². The maximum atomic E-state index is 13.5. The molecule has 1 aromatic heterocycles. The molecular weight excluding hydrogens is 327 g/mol. The lowest BCUT2D eigenvalue weighted by Crippen LogP contribution is -2.24. The van der Waals surface area contributed by atoms with E-state index < -0.39 is 5.91 Å². The molecule has 0 bridgehead atoms. The van der Waals surface area contributed by atoms with Crippen molar-refractivity contribution >= 4 is 21.8 Å². The Labute approximate surface area is 124 Å². The van der Waals surface area contributed by atoms with Gasteiger partial charge in [-0.25, -0.2) is 9.37 Å². The molecule has 20 heavy (non-hydrogen) atoms. The van der Waals surface area contributed by atoms with Crippen molar-refractivity contribution in [2.45, 2.75) is 26.3 Å². The number of rotatable bonds is 5. The van der Waals surface area contributed by atoms with Gasteiger partial charge in [-0.15, -0.1) is 5.10 Å². The number of aromatic nitrogens is 3. The molecule has 2 N–H and O–H groups in total. The first-order valence-electron chi connectivity index (χ1n) is 6.23. The van der Waals surface area contributed by atoms with Crippen LogP contribution in [0.25, 0.3) is 0 Å². The number of amides is 1. The van der Waals surface area contributed by atoms with Crippen molar-refractivity contribution < 1.29 is 9.18 Å². The van der Waals surface area contributed by atoms with Gasteiger partial charge in [-0.2, -0.15) is 0 Å². The van der Waals surface area contributed by atoms with E-state index in [-0.39, 0.29) is 18.2 Å². The van der Waals surface area contributed by atoms with Crippen molar-refractivity contribution in [3.8, 4) is 0 Å². The molecule has 1 heterocycles. The van der Waals surface area contributed by atoms with E-state index >= 15 is 0 Å². The van der Waals surface area contributed by atoms with Gasteiger partial charge in [-0.05, 0) is 24.6 Å². The maximum absolute atomic E-state index is 13.5. The average Bonchev–Trinajstić information content (AvgIpc) is 2.88. The molecule has 0 radical (unpaired) electrons. The third kappa shape index (κ3) is 3.63. The van der Waals surface area contributed by atoms with E-state index in [1.165, 1.54) is 6.07 Å². The second-order valence-corrected chi connectivity index (χ2v) is 5.19. The molecule has 0 saturated carbocycles. The lowest BCUT2D eigenvalue weighted by atomic mass is 10.2. The molecule has 1 aromatic carbocycles. The molecular formula is C13H14BrFN4O. The molecule has 7 heteroatoms. The van der Waals surface area contributed by atoms with E-state index in [9.17, 15) is 9.18 Å². The second kappa shape index (κ2) is 6.60. The van der Waals surface area contributed by atoms with Crippen LogP contribution in [0.5, 0.6) is 0 Å². The van der Waals surface area contributed by atoms with Crippen LogP contribution >= 0.6 is 15.9 Å². The molecule has 0 saturated heterocycles. The summed E-state index contributed by atoms with van der Waals surface area (Å²) in [4.78, 5) is 15.9. The van der Waals surface area contributed by atoms with Gasteiger partial charge in [-0.1, -0.05) is 22.9 Å². The third-order valence-corrected chi connectivity index (χ3v) is 3.16. The number of hydrogen-bond acceptors (Lipinski definition) is 3. The molecule has 0 fully saturated rings. The van der Waals surface area contributed by atoms with Gasteiger partial charge >= 0.3 is 0 Å². The van der Waals surface area contributed by atoms with E-state index in [1.54, 1.807) is 12.1 Å². The number of nitrogens with one attached hydrogen (secondary N) is 2. The number of carbonyl (C=O) groups excluding carboxylic acids is 1. The Bertz CT molecular complexity index is 614. The molecule has 5 nitrogen and oxygen atoms in total. The zero-order valence-corrected chi connectivity index (χ0v) is 12.5. The number of hydrogen-bond donors (Lipinski definition) is 2. The number of benzene rings is 1. The summed E-state index contributed by atoms with van der Waals surface area (Å²) in [5.74, 6) is -0.0479. The minimum Gasteiger partial charge on any atom is -0.345 e. The normalized spacial score (nSPS) is 10.6. The van der Waals surface area contributed by atoms with Crippen molar-refractivity contribution in [2.24, 2.45) is 0 Å². The predicted molar refractivity (Wildman–Crippen MR) is 75.6 cm³/mol. The number of nitrogens with zero attached hydrogens (tertiary/aromatic N) is 2. The molecule has 0 spiro atoms. The van der Waals surface area contributed by atoms with Crippen LogP contribution in [0.1, 0.15) is 35.4 Å². The fourth-order valence-corrected chi connectivity index (χ4v) is 2.09. The van der Waals surface area contributed by atoms with Crippen molar-refractivity contribution in [3.05, 3.63) is 45.7 Å². The van der Waals surface area contributed by atoms with E-state index in [0.29, 0.717) is 11.4 Å². The quantitative estimate of drug-likeness (QED) is 0.878. The molecule has 0 aliphatic rings. The van der Waals surface area contributed by atoms with Crippen molar-refractivity contribution in [1.82, 2.24) is 20.5 Å². The van der Waals surface area contributed by atoms with Crippen LogP contribution < -0.4 is 5.32 Å². The van der Waals surface area contributed by atoms with Crippen LogP contribution in [0.3, 0.4) is 0 Å². The van der Waals surface area contributed by atoms with Gasteiger partial charge in [0.2, 0.25) is 5.82 Å². The summed E-state index contributed by atoms with van der Waals surface area (Å²) < 4.78 is 14.3. The SMILES string of the molecule is CCCc1nc(C(=O)NCc2cc(Br)ccc2F)n[nH]1. The zero-order valence-electron chi connectivity index (χ0n) is 10.9. The van der Waals surface area contributed by atoms with Gasteiger partial charge in [-0.3, -0.25) is 9.89 Å². The molecule has 106 valence electrons. The fraction of sp³-hybridized carbons (Fsp3) is 0.308. The van der Waals surface area contributed by atoms with Crippen LogP contribution in [0.2, 0.25) is 0 Å². The van der Waals surface area contributed by atoms with Crippen molar-refractivity contribution in [3.63, 3.8) is 0 Å². The lowest BCUT2D eigenvalue weighted by molar-refractivity contribution is 0.0940. The largest absolute Gasteiger partial charge is 0.345 e. The summed E-state index contributed by atoms with van der Waals surface area (Å²) in [6, 6.07) is 4.57. The van der Waals surface area contributed by atoms with Crippen LogP contribution in [-0.4, -0.2) is 21.1 Å². The highest BCUT2D eigenvalue weighted by Crippen LogP contribution is 2.15. The highest BCUT2D eigenvalue weighted by Gasteiger charge is 2.12. The van der Waals surface area contributed by atoms with Crippen molar-refractivity contribution in [2.75, 3.05) is 0 Å². The van der Waals surface area contributed by atoms with E-state index in [4.69, 9.17) is 0 Å².